The quantitative estimate of drug-likeness (QED) is 0.453. The van der Waals surface area contributed by atoms with Crippen LogP contribution in [0.2, 0.25) is 5.02 Å². The van der Waals surface area contributed by atoms with Gasteiger partial charge in [-0.2, -0.15) is 0 Å². The molecule has 0 bridgehead atoms. The van der Waals surface area contributed by atoms with Crippen LogP contribution in [0.4, 0.5) is 0 Å². The molecule has 7 nitrogen and oxygen atoms in total. The molecular weight excluding hydrogens is 442 g/mol. The Labute approximate surface area is 195 Å². The van der Waals surface area contributed by atoms with Gasteiger partial charge in [-0.25, -0.2) is 4.98 Å². The first kappa shape index (κ1) is 22.4. The lowest BCUT2D eigenvalue weighted by atomic mass is 10.0. The topological polar surface area (TPSA) is 93.5 Å². The molecule has 0 atom stereocenters. The molecule has 0 fully saturated rings. The maximum Gasteiger partial charge on any atom is 0.258 e. The van der Waals surface area contributed by atoms with Gasteiger partial charge in [-0.1, -0.05) is 23.7 Å². The lowest BCUT2D eigenvalue weighted by Gasteiger charge is -2.13. The molecule has 0 saturated carbocycles. The number of carbonyl (C=O) groups is 1. The van der Waals surface area contributed by atoms with Crippen LogP contribution in [0.1, 0.15) is 27.0 Å². The van der Waals surface area contributed by atoms with E-state index < -0.39 is 0 Å². The van der Waals surface area contributed by atoms with E-state index in [1.165, 1.54) is 11.7 Å². The minimum absolute atomic E-state index is 0.128. The van der Waals surface area contributed by atoms with Crippen molar-refractivity contribution in [3.05, 3.63) is 98.4 Å². The van der Waals surface area contributed by atoms with Gasteiger partial charge in [0.1, 0.15) is 5.75 Å². The van der Waals surface area contributed by atoms with Crippen LogP contribution in [0.25, 0.3) is 10.9 Å². The van der Waals surface area contributed by atoms with Crippen LogP contribution < -0.4 is 15.6 Å². The van der Waals surface area contributed by atoms with Gasteiger partial charge in [-0.05, 0) is 47.5 Å². The molecular formula is C25H22ClN3O4. The first-order valence-electron chi connectivity index (χ1n) is 10.2. The van der Waals surface area contributed by atoms with E-state index in [-0.39, 0.29) is 35.7 Å². The summed E-state index contributed by atoms with van der Waals surface area (Å²) in [5.74, 6) is 0.0308. The van der Waals surface area contributed by atoms with Crippen molar-refractivity contribution in [3.8, 4) is 11.6 Å². The number of benzene rings is 2. The number of ether oxygens (including phenoxy) is 1. The summed E-state index contributed by atoms with van der Waals surface area (Å²) in [6.07, 6.45) is 1.85. The number of aromatic nitrogens is 2. The summed E-state index contributed by atoms with van der Waals surface area (Å²) in [6, 6.07) is 15.5. The molecule has 0 aliphatic carbocycles. The number of nitrogens with one attached hydrogen (secondary N) is 1. The molecule has 8 heteroatoms. The van der Waals surface area contributed by atoms with Gasteiger partial charge in [0.2, 0.25) is 5.88 Å². The lowest BCUT2D eigenvalue weighted by molar-refractivity contribution is 0.0951. The predicted octanol–water partition coefficient (Wildman–Crippen LogP) is 3.82. The molecule has 0 radical (unpaired) electrons. The number of hydrogen-bond donors (Lipinski definition) is 2. The number of halogens is 1. The molecule has 1 amide bonds. The van der Waals surface area contributed by atoms with Crippen molar-refractivity contribution in [1.82, 2.24) is 14.9 Å². The Morgan fingerprint density at radius 1 is 1.12 bits per heavy atom. The van der Waals surface area contributed by atoms with Crippen LogP contribution in [-0.2, 0) is 20.0 Å². The SMILES string of the molecule is COc1cc(CNC(=O)c2ccc3c(c2)c(O)c(Cc2ccc(Cl)cc2)c(=O)n3C)ccn1. The molecule has 2 aromatic heterocycles. The van der Waals surface area contributed by atoms with Crippen molar-refractivity contribution in [2.45, 2.75) is 13.0 Å². The van der Waals surface area contributed by atoms with Crippen LogP contribution in [0.15, 0.2) is 65.6 Å². The van der Waals surface area contributed by atoms with Gasteiger partial charge < -0.3 is 19.7 Å². The first-order chi connectivity index (χ1) is 15.9. The van der Waals surface area contributed by atoms with E-state index in [9.17, 15) is 14.7 Å². The number of methoxy groups -OCH3 is 1. The summed E-state index contributed by atoms with van der Waals surface area (Å²) in [6.45, 7) is 0.289. The molecule has 168 valence electrons. The molecule has 2 aromatic carbocycles. The van der Waals surface area contributed by atoms with Crippen molar-refractivity contribution in [2.75, 3.05) is 7.11 Å². The van der Waals surface area contributed by atoms with E-state index in [1.807, 2.05) is 12.1 Å². The summed E-state index contributed by atoms with van der Waals surface area (Å²) in [5, 5.41) is 14.8. The van der Waals surface area contributed by atoms with E-state index in [0.717, 1.165) is 11.1 Å². The van der Waals surface area contributed by atoms with Gasteiger partial charge in [0, 0.05) is 48.2 Å². The van der Waals surface area contributed by atoms with Gasteiger partial charge in [0.15, 0.2) is 0 Å². The standard InChI is InChI=1S/C25H22ClN3O4/c1-29-21-8-5-17(24(31)28-14-16-9-10-27-22(12-16)33-2)13-19(21)23(30)20(25(29)32)11-15-3-6-18(26)7-4-15/h3-10,12-13,30H,11,14H2,1-2H3,(H,28,31). The van der Waals surface area contributed by atoms with E-state index >= 15 is 0 Å². The molecule has 2 heterocycles. The summed E-state index contributed by atoms with van der Waals surface area (Å²) in [7, 11) is 3.17. The summed E-state index contributed by atoms with van der Waals surface area (Å²) in [4.78, 5) is 29.7. The fourth-order valence-electron chi connectivity index (χ4n) is 3.66. The zero-order chi connectivity index (χ0) is 23.5. The van der Waals surface area contributed by atoms with Crippen molar-refractivity contribution in [1.29, 1.82) is 0 Å². The number of nitrogens with zero attached hydrogens (tertiary/aromatic N) is 2. The number of hydrogen-bond acceptors (Lipinski definition) is 5. The number of aromatic hydroxyl groups is 1. The second kappa shape index (κ2) is 9.34. The van der Waals surface area contributed by atoms with E-state index in [4.69, 9.17) is 16.3 Å². The third-order valence-corrected chi connectivity index (χ3v) is 5.73. The number of carbonyl (C=O) groups excluding carboxylic acids is 1. The number of pyridine rings is 2. The van der Waals surface area contributed by atoms with Gasteiger partial charge in [-0.15, -0.1) is 0 Å². The predicted molar refractivity (Wildman–Crippen MR) is 127 cm³/mol. The fraction of sp³-hybridized carbons (Fsp3) is 0.160. The zero-order valence-corrected chi connectivity index (χ0v) is 18.9. The van der Waals surface area contributed by atoms with E-state index in [0.29, 0.717) is 27.4 Å². The monoisotopic (exact) mass is 463 g/mol. The van der Waals surface area contributed by atoms with Crippen LogP contribution in [-0.4, -0.2) is 27.7 Å². The molecule has 0 saturated heterocycles. The number of fused-ring (bicyclic) bond motifs is 1. The highest BCUT2D eigenvalue weighted by atomic mass is 35.5. The van der Waals surface area contributed by atoms with Crippen LogP contribution in [0, 0.1) is 0 Å². The number of aryl methyl sites for hydroxylation is 1. The van der Waals surface area contributed by atoms with E-state index in [2.05, 4.69) is 10.3 Å². The Bertz CT molecular complexity index is 1400. The number of rotatable bonds is 6. The first-order valence-corrected chi connectivity index (χ1v) is 10.6. The van der Waals surface area contributed by atoms with Crippen LogP contribution in [0.3, 0.4) is 0 Å². The lowest BCUT2D eigenvalue weighted by Crippen LogP contribution is -2.24. The maximum atomic E-state index is 12.9. The Kier molecular flexibility index (Phi) is 6.33. The second-order valence-corrected chi connectivity index (χ2v) is 8.05. The van der Waals surface area contributed by atoms with Crippen molar-refractivity contribution >= 4 is 28.4 Å². The average molecular weight is 464 g/mol. The Morgan fingerprint density at radius 2 is 1.88 bits per heavy atom. The third-order valence-electron chi connectivity index (χ3n) is 5.48. The van der Waals surface area contributed by atoms with Crippen molar-refractivity contribution in [3.63, 3.8) is 0 Å². The van der Waals surface area contributed by atoms with Gasteiger partial charge >= 0.3 is 0 Å². The van der Waals surface area contributed by atoms with Gasteiger partial charge in [0.25, 0.3) is 11.5 Å². The van der Waals surface area contributed by atoms with Crippen LogP contribution in [0.5, 0.6) is 11.6 Å². The smallest absolute Gasteiger partial charge is 0.258 e. The van der Waals surface area contributed by atoms with Crippen LogP contribution >= 0.6 is 11.6 Å². The Morgan fingerprint density at radius 3 is 2.61 bits per heavy atom. The number of amides is 1. The fourth-order valence-corrected chi connectivity index (χ4v) is 3.78. The zero-order valence-electron chi connectivity index (χ0n) is 18.1. The summed E-state index contributed by atoms with van der Waals surface area (Å²) in [5.41, 5.74) is 2.55. The normalized spacial score (nSPS) is 10.9. The Balaban J connectivity index is 1.64. The highest BCUT2D eigenvalue weighted by Gasteiger charge is 2.17. The van der Waals surface area contributed by atoms with E-state index in [1.54, 1.807) is 55.7 Å². The largest absolute Gasteiger partial charge is 0.507 e. The maximum absolute atomic E-state index is 12.9. The highest BCUT2D eigenvalue weighted by Crippen LogP contribution is 2.29. The molecule has 4 aromatic rings. The Hall–Kier alpha value is -3.84. The molecule has 0 aliphatic rings. The molecule has 2 N–H and O–H groups in total. The third kappa shape index (κ3) is 4.68. The molecule has 0 spiro atoms. The van der Waals surface area contributed by atoms with Crippen molar-refractivity contribution in [2.24, 2.45) is 7.05 Å². The van der Waals surface area contributed by atoms with Crippen molar-refractivity contribution < 1.29 is 14.6 Å². The minimum Gasteiger partial charge on any atom is -0.507 e. The molecule has 0 aliphatic heterocycles. The van der Waals surface area contributed by atoms with Gasteiger partial charge in [0.05, 0.1) is 18.2 Å². The average Bonchev–Trinajstić information content (AvgIpc) is 2.84. The highest BCUT2D eigenvalue weighted by molar-refractivity contribution is 6.30. The molecule has 4 rings (SSSR count). The molecule has 0 unspecified atom stereocenters. The summed E-state index contributed by atoms with van der Waals surface area (Å²) < 4.78 is 6.58. The molecule has 33 heavy (non-hydrogen) atoms. The minimum atomic E-state index is -0.305. The van der Waals surface area contributed by atoms with Gasteiger partial charge in [-0.3, -0.25) is 9.59 Å². The summed E-state index contributed by atoms with van der Waals surface area (Å²) >= 11 is 5.95. The second-order valence-electron chi connectivity index (χ2n) is 7.62.